The summed E-state index contributed by atoms with van der Waals surface area (Å²) in [4.78, 5) is 25.4. The van der Waals surface area contributed by atoms with Crippen LogP contribution in [0.2, 0.25) is 0 Å². The van der Waals surface area contributed by atoms with Gasteiger partial charge >= 0.3 is 5.97 Å². The third kappa shape index (κ3) is 5.19. The van der Waals surface area contributed by atoms with E-state index >= 15 is 0 Å². The Labute approximate surface area is 165 Å². The van der Waals surface area contributed by atoms with E-state index in [4.69, 9.17) is 4.74 Å². The van der Waals surface area contributed by atoms with Crippen LogP contribution in [0, 0.1) is 0 Å². The first-order valence-electron chi connectivity index (χ1n) is 9.38. The predicted octanol–water partition coefficient (Wildman–Crippen LogP) is 4.52. The zero-order valence-electron chi connectivity index (χ0n) is 16.4. The van der Waals surface area contributed by atoms with E-state index in [0.717, 1.165) is 16.3 Å². The van der Waals surface area contributed by atoms with Gasteiger partial charge in [0.2, 0.25) is 0 Å². The molecule has 3 aromatic rings. The van der Waals surface area contributed by atoms with Gasteiger partial charge < -0.3 is 10.1 Å². The molecule has 1 N–H and O–H groups in total. The molecule has 3 rings (SSSR count). The Bertz CT molecular complexity index is 974. The van der Waals surface area contributed by atoms with E-state index in [0.29, 0.717) is 12.0 Å². The maximum absolute atomic E-state index is 12.8. The van der Waals surface area contributed by atoms with Crippen LogP contribution in [0.25, 0.3) is 10.8 Å². The van der Waals surface area contributed by atoms with E-state index in [1.165, 1.54) is 0 Å². The Morgan fingerprint density at radius 3 is 2.21 bits per heavy atom. The fraction of sp³-hybridized carbons (Fsp3) is 0.250. The van der Waals surface area contributed by atoms with Crippen molar-refractivity contribution in [2.75, 3.05) is 0 Å². The van der Waals surface area contributed by atoms with Gasteiger partial charge in [-0.15, -0.1) is 0 Å². The Balaban J connectivity index is 1.84. The lowest BCUT2D eigenvalue weighted by Gasteiger charge is -2.25. The third-order valence-electron chi connectivity index (χ3n) is 4.29. The van der Waals surface area contributed by atoms with Crippen molar-refractivity contribution < 1.29 is 14.3 Å². The van der Waals surface area contributed by atoms with Crippen molar-refractivity contribution in [3.05, 3.63) is 83.9 Å². The number of rotatable bonds is 5. The molecule has 1 amide bonds. The molecule has 3 aromatic carbocycles. The maximum atomic E-state index is 12.8. The van der Waals surface area contributed by atoms with Crippen LogP contribution in [0.15, 0.2) is 72.8 Å². The molecule has 0 saturated carbocycles. The van der Waals surface area contributed by atoms with Crippen LogP contribution in [0.4, 0.5) is 0 Å². The first kappa shape index (κ1) is 19.6. The summed E-state index contributed by atoms with van der Waals surface area (Å²) in [5.74, 6) is -0.734. The van der Waals surface area contributed by atoms with Crippen LogP contribution >= 0.6 is 0 Å². The first-order chi connectivity index (χ1) is 13.3. The Morgan fingerprint density at radius 1 is 0.893 bits per heavy atom. The van der Waals surface area contributed by atoms with Crippen LogP contribution in [0.1, 0.15) is 36.7 Å². The molecule has 144 valence electrons. The van der Waals surface area contributed by atoms with E-state index in [-0.39, 0.29) is 5.91 Å². The largest absolute Gasteiger partial charge is 0.458 e. The number of fused-ring (bicyclic) bond motifs is 1. The Hall–Kier alpha value is -3.14. The fourth-order valence-corrected chi connectivity index (χ4v) is 3.00. The van der Waals surface area contributed by atoms with Gasteiger partial charge in [0.15, 0.2) is 0 Å². The van der Waals surface area contributed by atoms with Gasteiger partial charge in [-0.1, -0.05) is 60.7 Å². The standard InChI is InChI=1S/C24H25NO3/c1-24(2,3)28-23(27)21(25-22(26)19-10-5-4-6-11-19)16-17-13-14-18-9-7-8-12-20(18)15-17/h4-15,21H,16H2,1-3H3,(H,25,26). The maximum Gasteiger partial charge on any atom is 0.329 e. The molecule has 0 aromatic heterocycles. The minimum atomic E-state index is -0.770. The van der Waals surface area contributed by atoms with Gasteiger partial charge in [0.05, 0.1) is 0 Å². The van der Waals surface area contributed by atoms with Gasteiger partial charge in [-0.25, -0.2) is 4.79 Å². The number of hydrogen-bond acceptors (Lipinski definition) is 3. The molecule has 4 nitrogen and oxygen atoms in total. The fourth-order valence-electron chi connectivity index (χ4n) is 3.00. The van der Waals surface area contributed by atoms with Crippen LogP contribution in [-0.2, 0) is 16.0 Å². The van der Waals surface area contributed by atoms with E-state index in [2.05, 4.69) is 5.32 Å². The lowest BCUT2D eigenvalue weighted by Crippen LogP contribution is -2.45. The quantitative estimate of drug-likeness (QED) is 0.667. The van der Waals surface area contributed by atoms with E-state index in [9.17, 15) is 9.59 Å². The third-order valence-corrected chi connectivity index (χ3v) is 4.29. The molecule has 0 aliphatic heterocycles. The van der Waals surface area contributed by atoms with Crippen molar-refractivity contribution in [2.45, 2.75) is 38.8 Å². The summed E-state index contributed by atoms with van der Waals surface area (Å²) in [5.41, 5.74) is 0.841. The normalized spacial score (nSPS) is 12.4. The second-order valence-electron chi connectivity index (χ2n) is 7.81. The molecule has 28 heavy (non-hydrogen) atoms. The highest BCUT2D eigenvalue weighted by Crippen LogP contribution is 2.18. The Morgan fingerprint density at radius 2 is 1.54 bits per heavy atom. The van der Waals surface area contributed by atoms with Crippen LogP contribution in [0.5, 0.6) is 0 Å². The number of carbonyl (C=O) groups excluding carboxylic acids is 2. The molecule has 1 atom stereocenters. The molecule has 0 saturated heterocycles. The lowest BCUT2D eigenvalue weighted by atomic mass is 10.0. The number of esters is 1. The van der Waals surface area contributed by atoms with Gasteiger partial charge in [0.1, 0.15) is 11.6 Å². The summed E-state index contributed by atoms with van der Waals surface area (Å²) in [7, 11) is 0. The number of benzene rings is 3. The number of nitrogens with one attached hydrogen (secondary N) is 1. The van der Waals surface area contributed by atoms with Crippen molar-refractivity contribution in [3.63, 3.8) is 0 Å². The summed E-state index contributed by atoms with van der Waals surface area (Å²) in [6.45, 7) is 5.45. The molecule has 0 aliphatic carbocycles. The summed E-state index contributed by atoms with van der Waals surface area (Å²) in [6.07, 6.45) is 0.359. The average Bonchev–Trinajstić information content (AvgIpc) is 2.66. The van der Waals surface area contributed by atoms with Gasteiger partial charge in [0.25, 0.3) is 5.91 Å². The van der Waals surface area contributed by atoms with Crippen molar-refractivity contribution in [1.82, 2.24) is 5.32 Å². The van der Waals surface area contributed by atoms with Crippen molar-refractivity contribution in [1.29, 1.82) is 0 Å². The minimum Gasteiger partial charge on any atom is -0.458 e. The second-order valence-corrected chi connectivity index (χ2v) is 7.81. The topological polar surface area (TPSA) is 55.4 Å². The highest BCUT2D eigenvalue weighted by Gasteiger charge is 2.27. The molecule has 4 heteroatoms. The molecular formula is C24H25NO3. The summed E-state index contributed by atoms with van der Waals surface area (Å²) in [5, 5.41) is 5.07. The van der Waals surface area contributed by atoms with Crippen LogP contribution < -0.4 is 5.32 Å². The van der Waals surface area contributed by atoms with Gasteiger partial charge in [-0.3, -0.25) is 4.79 Å². The minimum absolute atomic E-state index is 0.294. The first-order valence-corrected chi connectivity index (χ1v) is 9.38. The number of carbonyl (C=O) groups is 2. The van der Waals surface area contributed by atoms with E-state index in [1.807, 2.05) is 69.3 Å². The molecule has 0 radical (unpaired) electrons. The van der Waals surface area contributed by atoms with Crippen LogP contribution in [-0.4, -0.2) is 23.5 Å². The molecular weight excluding hydrogens is 350 g/mol. The SMILES string of the molecule is CC(C)(C)OC(=O)C(Cc1ccc2ccccc2c1)NC(=O)c1ccccc1. The van der Waals surface area contributed by atoms with Crippen molar-refractivity contribution in [3.8, 4) is 0 Å². The monoisotopic (exact) mass is 375 g/mol. The van der Waals surface area contributed by atoms with Gasteiger partial charge in [-0.05, 0) is 49.2 Å². The number of amides is 1. The highest BCUT2D eigenvalue weighted by atomic mass is 16.6. The second kappa shape index (κ2) is 8.26. The summed E-state index contributed by atoms with van der Waals surface area (Å²) < 4.78 is 5.54. The molecule has 0 bridgehead atoms. The molecule has 0 spiro atoms. The lowest BCUT2D eigenvalue weighted by molar-refractivity contribution is -0.157. The predicted molar refractivity (Wildman–Crippen MR) is 111 cm³/mol. The Kier molecular flexibility index (Phi) is 5.78. The smallest absolute Gasteiger partial charge is 0.329 e. The van der Waals surface area contributed by atoms with Gasteiger partial charge in [-0.2, -0.15) is 0 Å². The van der Waals surface area contributed by atoms with Crippen molar-refractivity contribution >= 4 is 22.6 Å². The van der Waals surface area contributed by atoms with Gasteiger partial charge in [0, 0.05) is 12.0 Å². The zero-order chi connectivity index (χ0) is 20.1. The number of ether oxygens (including phenoxy) is 1. The number of hydrogen-bond donors (Lipinski definition) is 1. The molecule has 0 aliphatic rings. The zero-order valence-corrected chi connectivity index (χ0v) is 16.4. The molecule has 1 unspecified atom stereocenters. The van der Waals surface area contributed by atoms with E-state index < -0.39 is 17.6 Å². The highest BCUT2D eigenvalue weighted by molar-refractivity contribution is 5.97. The average molecular weight is 375 g/mol. The van der Waals surface area contributed by atoms with Crippen LogP contribution in [0.3, 0.4) is 0 Å². The summed E-state index contributed by atoms with van der Waals surface area (Å²) >= 11 is 0. The summed E-state index contributed by atoms with van der Waals surface area (Å²) in [6, 6.07) is 22.2. The molecule has 0 fully saturated rings. The van der Waals surface area contributed by atoms with E-state index in [1.54, 1.807) is 24.3 Å². The van der Waals surface area contributed by atoms with Crippen molar-refractivity contribution in [2.24, 2.45) is 0 Å². The molecule has 0 heterocycles.